The minimum absolute atomic E-state index is 0.0177. The second-order valence-corrected chi connectivity index (χ2v) is 8.71. The topological polar surface area (TPSA) is 99.1 Å². The molecule has 0 bridgehead atoms. The summed E-state index contributed by atoms with van der Waals surface area (Å²) in [7, 11) is -2.55. The van der Waals surface area contributed by atoms with Crippen LogP contribution >= 0.6 is 11.6 Å². The molecule has 2 N–H and O–H groups in total. The molecule has 0 atom stereocenters. The Balaban J connectivity index is 1.69. The largest absolute Gasteiger partial charge is 0.507 e. The van der Waals surface area contributed by atoms with Gasteiger partial charge >= 0.3 is 0 Å². The molecule has 3 rings (SSSR count). The molecular formula is C20H18ClN3O4S. The number of rotatable bonds is 6. The third-order valence-corrected chi connectivity index (χ3v) is 6.29. The van der Waals surface area contributed by atoms with E-state index in [2.05, 4.69) is 10.5 Å². The smallest absolute Gasteiger partial charge is 0.255 e. The van der Waals surface area contributed by atoms with Gasteiger partial charge in [0.1, 0.15) is 5.75 Å². The average Bonchev–Trinajstić information content (AvgIpc) is 2.70. The Bertz CT molecular complexity index is 1180. The molecule has 0 aromatic heterocycles. The van der Waals surface area contributed by atoms with Gasteiger partial charge in [0, 0.05) is 17.6 Å². The Kier molecular flexibility index (Phi) is 6.17. The third kappa shape index (κ3) is 4.73. The van der Waals surface area contributed by atoms with Gasteiger partial charge in [0.25, 0.3) is 5.91 Å². The van der Waals surface area contributed by atoms with Crippen molar-refractivity contribution in [1.29, 1.82) is 0 Å². The highest BCUT2D eigenvalue weighted by Gasteiger charge is 2.22. The Morgan fingerprint density at radius 2 is 1.83 bits per heavy atom. The zero-order valence-corrected chi connectivity index (χ0v) is 17.0. The van der Waals surface area contributed by atoms with Crippen LogP contribution in [0.3, 0.4) is 0 Å². The number of likely N-dealkylation sites (N-methyl/N-ethyl adjacent to an activating group) is 1. The van der Waals surface area contributed by atoms with E-state index in [1.54, 1.807) is 6.07 Å². The second kappa shape index (κ2) is 8.60. The van der Waals surface area contributed by atoms with E-state index in [4.69, 9.17) is 11.6 Å². The van der Waals surface area contributed by atoms with Crippen LogP contribution in [0.25, 0.3) is 10.8 Å². The summed E-state index contributed by atoms with van der Waals surface area (Å²) in [5.74, 6) is -0.606. The molecule has 0 saturated carbocycles. The van der Waals surface area contributed by atoms with Crippen LogP contribution in [-0.2, 0) is 14.8 Å². The van der Waals surface area contributed by atoms with E-state index < -0.39 is 22.5 Å². The van der Waals surface area contributed by atoms with Crippen LogP contribution in [0.2, 0.25) is 5.02 Å². The van der Waals surface area contributed by atoms with Gasteiger partial charge in [-0.15, -0.1) is 0 Å². The minimum atomic E-state index is -3.84. The molecule has 7 nitrogen and oxygen atoms in total. The summed E-state index contributed by atoms with van der Waals surface area (Å²) in [4.78, 5) is 12.1. The van der Waals surface area contributed by atoms with Crippen molar-refractivity contribution >= 4 is 44.5 Å². The number of fused-ring (bicyclic) bond motifs is 1. The highest BCUT2D eigenvalue weighted by Crippen LogP contribution is 2.25. The van der Waals surface area contributed by atoms with E-state index in [9.17, 15) is 18.3 Å². The molecule has 0 radical (unpaired) electrons. The number of carbonyl (C=O) groups is 1. The van der Waals surface area contributed by atoms with Gasteiger partial charge in [0.05, 0.1) is 17.7 Å². The number of sulfonamides is 1. The lowest BCUT2D eigenvalue weighted by atomic mass is 10.0. The fourth-order valence-corrected chi connectivity index (χ4v) is 3.95. The number of hydrazone groups is 1. The van der Waals surface area contributed by atoms with Gasteiger partial charge in [0.15, 0.2) is 0 Å². The zero-order chi connectivity index (χ0) is 21.0. The molecule has 0 heterocycles. The fraction of sp³-hybridized carbons (Fsp3) is 0.100. The summed E-state index contributed by atoms with van der Waals surface area (Å²) in [5.41, 5.74) is 2.73. The van der Waals surface area contributed by atoms with Crippen LogP contribution in [0, 0.1) is 0 Å². The van der Waals surface area contributed by atoms with Crippen molar-refractivity contribution in [3.05, 3.63) is 71.2 Å². The number of nitrogens with zero attached hydrogens (tertiary/aromatic N) is 2. The monoisotopic (exact) mass is 431 g/mol. The summed E-state index contributed by atoms with van der Waals surface area (Å²) >= 11 is 5.77. The molecular weight excluding hydrogens is 414 g/mol. The zero-order valence-electron chi connectivity index (χ0n) is 15.4. The summed E-state index contributed by atoms with van der Waals surface area (Å²) in [5, 5.41) is 16.0. The van der Waals surface area contributed by atoms with Crippen molar-refractivity contribution in [1.82, 2.24) is 9.73 Å². The number of aromatic hydroxyl groups is 1. The van der Waals surface area contributed by atoms with Crippen molar-refractivity contribution < 1.29 is 18.3 Å². The quantitative estimate of drug-likeness (QED) is 0.463. The number of hydrogen-bond acceptors (Lipinski definition) is 5. The second-order valence-electron chi connectivity index (χ2n) is 6.23. The number of phenols is 1. The number of phenolic OH excluding ortho intramolecular Hbond substituents is 1. The molecule has 29 heavy (non-hydrogen) atoms. The molecule has 3 aromatic carbocycles. The maximum absolute atomic E-state index is 12.5. The predicted molar refractivity (Wildman–Crippen MR) is 113 cm³/mol. The lowest BCUT2D eigenvalue weighted by Gasteiger charge is -2.16. The number of benzene rings is 3. The first-order valence-electron chi connectivity index (χ1n) is 8.53. The Hall–Kier alpha value is -2.94. The first-order chi connectivity index (χ1) is 13.8. The van der Waals surface area contributed by atoms with E-state index in [0.717, 1.165) is 15.1 Å². The molecule has 9 heteroatoms. The van der Waals surface area contributed by atoms with Crippen molar-refractivity contribution in [2.75, 3.05) is 13.6 Å². The Morgan fingerprint density at radius 3 is 2.55 bits per heavy atom. The van der Waals surface area contributed by atoms with Crippen LogP contribution < -0.4 is 5.43 Å². The van der Waals surface area contributed by atoms with Crippen LogP contribution in [0.4, 0.5) is 0 Å². The lowest BCUT2D eigenvalue weighted by Crippen LogP contribution is -2.36. The first-order valence-corrected chi connectivity index (χ1v) is 10.4. The van der Waals surface area contributed by atoms with Gasteiger partial charge in [0.2, 0.25) is 10.0 Å². The van der Waals surface area contributed by atoms with Gasteiger partial charge in [-0.1, -0.05) is 41.9 Å². The number of halogens is 1. The van der Waals surface area contributed by atoms with Crippen LogP contribution in [0.1, 0.15) is 5.56 Å². The van der Waals surface area contributed by atoms with Gasteiger partial charge < -0.3 is 5.11 Å². The number of hydrogen-bond donors (Lipinski definition) is 2. The highest BCUT2D eigenvalue weighted by atomic mass is 35.5. The predicted octanol–water partition coefficient (Wildman–Crippen LogP) is 2.97. The van der Waals surface area contributed by atoms with Crippen LogP contribution in [0.15, 0.2) is 70.7 Å². The summed E-state index contributed by atoms with van der Waals surface area (Å²) in [6.45, 7) is -0.427. The summed E-state index contributed by atoms with van der Waals surface area (Å²) < 4.78 is 25.9. The molecule has 0 aliphatic carbocycles. The number of amides is 1. The fourth-order valence-electron chi connectivity index (χ4n) is 2.70. The van der Waals surface area contributed by atoms with Crippen molar-refractivity contribution in [3.8, 4) is 5.75 Å². The molecule has 0 unspecified atom stereocenters. The van der Waals surface area contributed by atoms with E-state index >= 15 is 0 Å². The third-order valence-electron chi connectivity index (χ3n) is 4.22. The lowest BCUT2D eigenvalue weighted by molar-refractivity contribution is -0.121. The standard InChI is InChI=1S/C20H18ClN3O4S/c1-24(29(27,28)16-9-7-15(21)8-10-16)13-20(26)23-22-12-18-17-5-3-2-4-14(17)6-11-19(18)25/h2-12,25H,13H2,1H3,(H,23,26)/b22-12-. The minimum Gasteiger partial charge on any atom is -0.507 e. The van der Waals surface area contributed by atoms with E-state index in [0.29, 0.717) is 10.6 Å². The van der Waals surface area contributed by atoms with E-state index in [1.165, 1.54) is 43.6 Å². The normalized spacial score (nSPS) is 12.0. The SMILES string of the molecule is CN(CC(=O)N/N=C\c1c(O)ccc2ccccc12)S(=O)(=O)c1ccc(Cl)cc1. The van der Waals surface area contributed by atoms with Crippen molar-refractivity contribution in [2.24, 2.45) is 5.10 Å². The summed E-state index contributed by atoms with van der Waals surface area (Å²) in [6, 6.07) is 16.4. The van der Waals surface area contributed by atoms with Crippen molar-refractivity contribution in [2.45, 2.75) is 4.90 Å². The van der Waals surface area contributed by atoms with Crippen LogP contribution in [0.5, 0.6) is 5.75 Å². The molecule has 1 amide bonds. The molecule has 150 valence electrons. The number of carbonyl (C=O) groups excluding carboxylic acids is 1. The molecule has 0 saturated heterocycles. The Morgan fingerprint density at radius 1 is 1.14 bits per heavy atom. The molecule has 0 spiro atoms. The van der Waals surface area contributed by atoms with Crippen molar-refractivity contribution in [3.63, 3.8) is 0 Å². The molecule has 0 fully saturated rings. The van der Waals surface area contributed by atoms with Gasteiger partial charge in [-0.3, -0.25) is 4.79 Å². The molecule has 0 aliphatic heterocycles. The maximum atomic E-state index is 12.5. The molecule has 0 aliphatic rings. The number of nitrogens with one attached hydrogen (secondary N) is 1. The molecule has 3 aromatic rings. The van der Waals surface area contributed by atoms with Gasteiger partial charge in [-0.25, -0.2) is 13.8 Å². The Labute approximate surface area is 173 Å². The highest BCUT2D eigenvalue weighted by molar-refractivity contribution is 7.89. The van der Waals surface area contributed by atoms with E-state index in [1.807, 2.05) is 24.3 Å². The van der Waals surface area contributed by atoms with E-state index in [-0.39, 0.29) is 10.6 Å². The first kappa shape index (κ1) is 20.8. The van der Waals surface area contributed by atoms with Crippen LogP contribution in [-0.4, -0.2) is 43.5 Å². The maximum Gasteiger partial charge on any atom is 0.255 e. The average molecular weight is 432 g/mol. The van der Waals surface area contributed by atoms with Gasteiger partial charge in [-0.05, 0) is 41.1 Å². The summed E-state index contributed by atoms with van der Waals surface area (Å²) in [6.07, 6.45) is 1.32. The van der Waals surface area contributed by atoms with Gasteiger partial charge in [-0.2, -0.15) is 9.41 Å².